The van der Waals surface area contributed by atoms with Crippen molar-refractivity contribution in [2.75, 3.05) is 44.0 Å². The maximum absolute atomic E-state index is 5.38. The molecular weight excluding hydrogens is 244 g/mol. The van der Waals surface area contributed by atoms with Crippen molar-refractivity contribution in [3.8, 4) is 5.75 Å². The third kappa shape index (κ3) is 4.53. The fourth-order valence-electron chi connectivity index (χ4n) is 1.87. The second-order valence-corrected chi connectivity index (χ2v) is 4.11. The van der Waals surface area contributed by atoms with Crippen LogP contribution < -0.4 is 21.3 Å². The second kappa shape index (κ2) is 8.49. The molecule has 0 bridgehead atoms. The SMILES string of the molecule is CCCN(CC)CCNc1ncnc(NN)c1OC. The van der Waals surface area contributed by atoms with E-state index in [-0.39, 0.29) is 0 Å². The lowest BCUT2D eigenvalue weighted by atomic mass is 10.4. The molecule has 1 rings (SSSR count). The molecule has 0 radical (unpaired) electrons. The summed E-state index contributed by atoms with van der Waals surface area (Å²) in [6.45, 7) is 8.26. The number of anilines is 2. The summed E-state index contributed by atoms with van der Waals surface area (Å²) in [6, 6.07) is 0. The molecule has 1 heterocycles. The fraction of sp³-hybridized carbons (Fsp3) is 0.667. The number of rotatable bonds is 9. The number of nitrogens with zero attached hydrogens (tertiary/aromatic N) is 3. The first-order valence-corrected chi connectivity index (χ1v) is 6.58. The van der Waals surface area contributed by atoms with Crippen molar-refractivity contribution >= 4 is 11.6 Å². The van der Waals surface area contributed by atoms with E-state index in [1.54, 1.807) is 7.11 Å². The standard InChI is InChI=1S/C12H24N6O/c1-4-7-18(5-2)8-6-14-11-10(19-3)12(17-13)16-9-15-11/h9H,4-8,13H2,1-3H3,(H2,14,15,16,17). The molecule has 0 aliphatic heterocycles. The molecule has 0 saturated carbocycles. The van der Waals surface area contributed by atoms with Gasteiger partial charge in [0.15, 0.2) is 11.6 Å². The van der Waals surface area contributed by atoms with Crippen molar-refractivity contribution in [3.63, 3.8) is 0 Å². The van der Waals surface area contributed by atoms with Crippen LogP contribution in [0.25, 0.3) is 0 Å². The Kier molecular flexibility index (Phi) is 6.91. The van der Waals surface area contributed by atoms with E-state index in [4.69, 9.17) is 10.6 Å². The summed E-state index contributed by atoms with van der Waals surface area (Å²) in [5.74, 6) is 7.03. The zero-order valence-electron chi connectivity index (χ0n) is 11.9. The Bertz CT molecular complexity index is 373. The van der Waals surface area contributed by atoms with Crippen molar-refractivity contribution in [1.29, 1.82) is 0 Å². The minimum Gasteiger partial charge on any atom is -0.490 e. The van der Waals surface area contributed by atoms with Crippen molar-refractivity contribution in [1.82, 2.24) is 14.9 Å². The number of nitrogens with two attached hydrogens (primary N) is 1. The van der Waals surface area contributed by atoms with Gasteiger partial charge < -0.3 is 20.4 Å². The highest BCUT2D eigenvalue weighted by Crippen LogP contribution is 2.27. The number of ether oxygens (including phenoxy) is 1. The smallest absolute Gasteiger partial charge is 0.205 e. The Labute approximate surface area is 114 Å². The van der Waals surface area contributed by atoms with Crippen LogP contribution in [0, 0.1) is 0 Å². The summed E-state index contributed by atoms with van der Waals surface area (Å²) in [4.78, 5) is 10.5. The van der Waals surface area contributed by atoms with E-state index in [1.165, 1.54) is 6.33 Å². The highest BCUT2D eigenvalue weighted by atomic mass is 16.5. The average molecular weight is 268 g/mol. The van der Waals surface area contributed by atoms with Crippen LogP contribution in [0.3, 0.4) is 0 Å². The molecule has 0 fully saturated rings. The van der Waals surface area contributed by atoms with Gasteiger partial charge in [-0.1, -0.05) is 13.8 Å². The predicted molar refractivity (Wildman–Crippen MR) is 77.3 cm³/mol. The van der Waals surface area contributed by atoms with Crippen LogP contribution in [-0.4, -0.2) is 48.2 Å². The Hall–Kier alpha value is -1.60. The average Bonchev–Trinajstić information content (AvgIpc) is 2.45. The molecule has 0 atom stereocenters. The highest BCUT2D eigenvalue weighted by molar-refractivity contribution is 5.62. The molecule has 0 unspecified atom stereocenters. The molecular formula is C12H24N6O. The Morgan fingerprint density at radius 1 is 1.26 bits per heavy atom. The molecule has 0 aliphatic rings. The molecule has 19 heavy (non-hydrogen) atoms. The van der Waals surface area contributed by atoms with E-state index in [0.29, 0.717) is 17.4 Å². The molecule has 0 saturated heterocycles. The third-order valence-electron chi connectivity index (χ3n) is 2.85. The monoisotopic (exact) mass is 268 g/mol. The first-order valence-electron chi connectivity index (χ1n) is 6.58. The zero-order chi connectivity index (χ0) is 14.1. The van der Waals surface area contributed by atoms with Crippen LogP contribution in [-0.2, 0) is 0 Å². The van der Waals surface area contributed by atoms with Gasteiger partial charge in [0.1, 0.15) is 6.33 Å². The van der Waals surface area contributed by atoms with Crippen molar-refractivity contribution in [2.24, 2.45) is 5.84 Å². The number of hydrogen-bond acceptors (Lipinski definition) is 7. The number of methoxy groups -OCH3 is 1. The van der Waals surface area contributed by atoms with E-state index in [2.05, 4.69) is 39.5 Å². The van der Waals surface area contributed by atoms with Gasteiger partial charge in [-0.3, -0.25) is 0 Å². The lowest BCUT2D eigenvalue weighted by Gasteiger charge is -2.20. The summed E-state index contributed by atoms with van der Waals surface area (Å²) < 4.78 is 5.26. The molecule has 7 heteroatoms. The molecule has 1 aromatic heterocycles. The number of nitrogens with one attached hydrogen (secondary N) is 2. The quantitative estimate of drug-likeness (QED) is 0.453. The van der Waals surface area contributed by atoms with Gasteiger partial charge in [0, 0.05) is 13.1 Å². The normalized spacial score (nSPS) is 10.6. The topological polar surface area (TPSA) is 88.3 Å². The maximum Gasteiger partial charge on any atom is 0.205 e. The van der Waals surface area contributed by atoms with Gasteiger partial charge in [-0.05, 0) is 19.5 Å². The lowest BCUT2D eigenvalue weighted by molar-refractivity contribution is 0.299. The molecule has 0 spiro atoms. The zero-order valence-corrected chi connectivity index (χ0v) is 11.9. The maximum atomic E-state index is 5.38. The number of aromatic nitrogens is 2. The van der Waals surface area contributed by atoms with Crippen molar-refractivity contribution < 1.29 is 4.74 Å². The minimum atomic E-state index is 0.473. The van der Waals surface area contributed by atoms with E-state index >= 15 is 0 Å². The molecule has 0 amide bonds. The first kappa shape index (κ1) is 15.5. The van der Waals surface area contributed by atoms with E-state index in [0.717, 1.165) is 32.6 Å². The molecule has 1 aromatic rings. The molecule has 4 N–H and O–H groups in total. The Morgan fingerprint density at radius 2 is 2.00 bits per heavy atom. The summed E-state index contributed by atoms with van der Waals surface area (Å²) in [5.41, 5.74) is 2.49. The molecule has 0 aliphatic carbocycles. The Balaban J connectivity index is 2.57. The second-order valence-electron chi connectivity index (χ2n) is 4.11. The highest BCUT2D eigenvalue weighted by Gasteiger charge is 2.10. The number of hydrogen-bond donors (Lipinski definition) is 3. The summed E-state index contributed by atoms with van der Waals surface area (Å²) in [5, 5.41) is 3.25. The third-order valence-corrected chi connectivity index (χ3v) is 2.85. The van der Waals surface area contributed by atoms with Crippen LogP contribution in [0.4, 0.5) is 11.6 Å². The van der Waals surface area contributed by atoms with Gasteiger partial charge >= 0.3 is 0 Å². The number of hydrazine groups is 1. The number of likely N-dealkylation sites (N-methyl/N-ethyl adjacent to an activating group) is 1. The minimum absolute atomic E-state index is 0.473. The molecule has 7 nitrogen and oxygen atoms in total. The van der Waals surface area contributed by atoms with E-state index < -0.39 is 0 Å². The van der Waals surface area contributed by atoms with Gasteiger partial charge in [-0.15, -0.1) is 0 Å². The van der Waals surface area contributed by atoms with E-state index in [1.807, 2.05) is 0 Å². The number of nitrogen functional groups attached to an aromatic ring is 1. The van der Waals surface area contributed by atoms with Crippen molar-refractivity contribution in [2.45, 2.75) is 20.3 Å². The summed E-state index contributed by atoms with van der Waals surface area (Å²) >= 11 is 0. The van der Waals surface area contributed by atoms with Crippen LogP contribution in [0.1, 0.15) is 20.3 Å². The van der Waals surface area contributed by atoms with Gasteiger partial charge in [-0.2, -0.15) is 0 Å². The summed E-state index contributed by atoms with van der Waals surface area (Å²) in [7, 11) is 1.57. The van der Waals surface area contributed by atoms with E-state index in [9.17, 15) is 0 Å². The summed E-state index contributed by atoms with van der Waals surface area (Å²) in [6.07, 6.45) is 2.61. The first-order chi connectivity index (χ1) is 9.26. The largest absolute Gasteiger partial charge is 0.490 e. The molecule has 108 valence electrons. The van der Waals surface area contributed by atoms with Gasteiger partial charge in [-0.25, -0.2) is 15.8 Å². The lowest BCUT2D eigenvalue weighted by Crippen LogP contribution is -2.29. The van der Waals surface area contributed by atoms with Crippen molar-refractivity contribution in [3.05, 3.63) is 6.33 Å². The van der Waals surface area contributed by atoms with Crippen LogP contribution >= 0.6 is 0 Å². The Morgan fingerprint density at radius 3 is 2.58 bits per heavy atom. The van der Waals surface area contributed by atoms with Gasteiger partial charge in [0.25, 0.3) is 0 Å². The van der Waals surface area contributed by atoms with Gasteiger partial charge in [0.05, 0.1) is 7.11 Å². The molecule has 0 aromatic carbocycles. The van der Waals surface area contributed by atoms with Gasteiger partial charge in [0.2, 0.25) is 5.75 Å². The van der Waals surface area contributed by atoms with Crippen LogP contribution in [0.15, 0.2) is 6.33 Å². The van der Waals surface area contributed by atoms with Crippen LogP contribution in [0.5, 0.6) is 5.75 Å². The predicted octanol–water partition coefficient (Wildman–Crippen LogP) is 0.915. The van der Waals surface area contributed by atoms with Crippen LogP contribution in [0.2, 0.25) is 0 Å². The fourth-order valence-corrected chi connectivity index (χ4v) is 1.87.